The fourth-order valence-corrected chi connectivity index (χ4v) is 1.79. The van der Waals surface area contributed by atoms with Gasteiger partial charge in [0.05, 0.1) is 19.2 Å². The van der Waals surface area contributed by atoms with Gasteiger partial charge in [-0.15, -0.1) is 0 Å². The van der Waals surface area contributed by atoms with E-state index in [-0.39, 0.29) is 5.97 Å². The maximum atomic E-state index is 11.2. The van der Waals surface area contributed by atoms with Crippen molar-refractivity contribution in [3.63, 3.8) is 0 Å². The number of methoxy groups -OCH3 is 1. The summed E-state index contributed by atoms with van der Waals surface area (Å²) in [6.07, 6.45) is 2.38. The molecule has 0 bridgehead atoms. The Labute approximate surface area is 112 Å². The van der Waals surface area contributed by atoms with E-state index < -0.39 is 0 Å². The number of benzene rings is 1. The van der Waals surface area contributed by atoms with Gasteiger partial charge in [0.1, 0.15) is 12.0 Å². The van der Waals surface area contributed by atoms with E-state index in [1.807, 2.05) is 18.2 Å². The minimum Gasteiger partial charge on any atom is -0.467 e. The van der Waals surface area contributed by atoms with Crippen molar-refractivity contribution in [2.45, 2.75) is 13.0 Å². The Kier molecular flexibility index (Phi) is 4.75. The molecule has 0 aliphatic heterocycles. The van der Waals surface area contributed by atoms with E-state index in [0.29, 0.717) is 12.1 Å². The average molecular weight is 259 g/mol. The monoisotopic (exact) mass is 259 g/mol. The van der Waals surface area contributed by atoms with Gasteiger partial charge in [-0.1, -0.05) is 30.3 Å². The number of esters is 1. The molecule has 0 saturated heterocycles. The van der Waals surface area contributed by atoms with Gasteiger partial charge in [0.2, 0.25) is 0 Å². The molecule has 0 spiro atoms. The van der Waals surface area contributed by atoms with Gasteiger partial charge in [-0.3, -0.25) is 0 Å². The summed E-state index contributed by atoms with van der Waals surface area (Å²) in [5.41, 5.74) is 1.74. The maximum Gasteiger partial charge on any atom is 0.341 e. The molecule has 0 aliphatic carbocycles. The van der Waals surface area contributed by atoms with E-state index in [1.165, 1.54) is 18.9 Å². The highest BCUT2D eigenvalue weighted by molar-refractivity contribution is 5.88. The minimum absolute atomic E-state index is 0.376. The molecule has 1 aromatic carbocycles. The Morgan fingerprint density at radius 3 is 2.84 bits per heavy atom. The first-order chi connectivity index (χ1) is 9.29. The fourth-order valence-electron chi connectivity index (χ4n) is 1.79. The quantitative estimate of drug-likeness (QED) is 0.639. The van der Waals surface area contributed by atoms with E-state index in [9.17, 15) is 4.79 Å². The molecule has 1 N–H and O–H groups in total. The van der Waals surface area contributed by atoms with E-state index in [4.69, 9.17) is 4.42 Å². The van der Waals surface area contributed by atoms with Crippen molar-refractivity contribution in [3.8, 4) is 0 Å². The molecule has 2 aromatic rings. The molecular formula is C15H17NO3. The summed E-state index contributed by atoms with van der Waals surface area (Å²) in [5, 5.41) is 3.27. The van der Waals surface area contributed by atoms with E-state index >= 15 is 0 Å². The van der Waals surface area contributed by atoms with Crippen molar-refractivity contribution in [2.75, 3.05) is 13.7 Å². The first-order valence-electron chi connectivity index (χ1n) is 6.20. The van der Waals surface area contributed by atoms with Crippen molar-refractivity contribution < 1.29 is 13.9 Å². The van der Waals surface area contributed by atoms with Gasteiger partial charge in [-0.25, -0.2) is 4.79 Å². The molecule has 0 aliphatic rings. The van der Waals surface area contributed by atoms with E-state index in [2.05, 4.69) is 22.2 Å². The van der Waals surface area contributed by atoms with Gasteiger partial charge < -0.3 is 14.5 Å². The molecule has 0 radical (unpaired) electrons. The van der Waals surface area contributed by atoms with Crippen molar-refractivity contribution in [1.82, 2.24) is 5.32 Å². The van der Waals surface area contributed by atoms with Crippen LogP contribution in [-0.4, -0.2) is 19.6 Å². The normalized spacial score (nSPS) is 10.4. The minimum atomic E-state index is -0.376. The van der Waals surface area contributed by atoms with Crippen molar-refractivity contribution in [2.24, 2.45) is 0 Å². The summed E-state index contributed by atoms with van der Waals surface area (Å²) >= 11 is 0. The molecule has 1 heterocycles. The predicted molar refractivity (Wildman–Crippen MR) is 71.9 cm³/mol. The summed E-state index contributed by atoms with van der Waals surface area (Å²) in [5.74, 6) is 0.354. The van der Waals surface area contributed by atoms with Crippen LogP contribution in [0.5, 0.6) is 0 Å². The van der Waals surface area contributed by atoms with Gasteiger partial charge in [0.25, 0.3) is 0 Å². The maximum absolute atomic E-state index is 11.2. The number of carbonyl (C=O) groups excluding carboxylic acids is 1. The van der Waals surface area contributed by atoms with E-state index in [0.717, 1.165) is 18.7 Å². The molecule has 0 saturated carbocycles. The Morgan fingerprint density at radius 2 is 2.11 bits per heavy atom. The highest BCUT2D eigenvalue weighted by Gasteiger charge is 2.09. The summed E-state index contributed by atoms with van der Waals surface area (Å²) in [4.78, 5) is 11.2. The third kappa shape index (κ3) is 3.96. The zero-order valence-electron chi connectivity index (χ0n) is 10.9. The van der Waals surface area contributed by atoms with Gasteiger partial charge in [0, 0.05) is 0 Å². The summed E-state index contributed by atoms with van der Waals surface area (Å²) in [7, 11) is 1.35. The molecular weight excluding hydrogens is 242 g/mol. The van der Waals surface area contributed by atoms with Crippen molar-refractivity contribution >= 4 is 5.97 Å². The lowest BCUT2D eigenvalue weighted by atomic mass is 10.1. The van der Waals surface area contributed by atoms with Gasteiger partial charge >= 0.3 is 5.97 Å². The molecule has 100 valence electrons. The first kappa shape index (κ1) is 13.4. The zero-order chi connectivity index (χ0) is 13.5. The highest BCUT2D eigenvalue weighted by Crippen LogP contribution is 2.08. The standard InChI is InChI=1S/C15H17NO3/c1-18-15(17)13-9-14(19-11-13)10-16-8-7-12-5-3-2-4-6-12/h2-6,9,11,16H,7-8,10H2,1H3. The largest absolute Gasteiger partial charge is 0.467 e. The SMILES string of the molecule is COC(=O)c1coc(CNCCc2ccccc2)c1. The van der Waals surface area contributed by atoms with Gasteiger partial charge in [-0.05, 0) is 24.6 Å². The van der Waals surface area contributed by atoms with Crippen LogP contribution in [-0.2, 0) is 17.7 Å². The molecule has 0 atom stereocenters. The molecule has 0 unspecified atom stereocenters. The molecule has 2 rings (SSSR count). The zero-order valence-corrected chi connectivity index (χ0v) is 10.9. The number of nitrogens with one attached hydrogen (secondary N) is 1. The number of furan rings is 1. The van der Waals surface area contributed by atoms with Gasteiger partial charge in [-0.2, -0.15) is 0 Å². The Morgan fingerprint density at radius 1 is 1.32 bits per heavy atom. The molecule has 0 amide bonds. The molecule has 0 fully saturated rings. The number of hydrogen-bond acceptors (Lipinski definition) is 4. The predicted octanol–water partition coefficient (Wildman–Crippen LogP) is 2.40. The Hall–Kier alpha value is -2.07. The fraction of sp³-hybridized carbons (Fsp3) is 0.267. The van der Waals surface area contributed by atoms with Crippen LogP contribution in [0.25, 0.3) is 0 Å². The van der Waals surface area contributed by atoms with Crippen molar-refractivity contribution in [3.05, 3.63) is 59.5 Å². The van der Waals surface area contributed by atoms with Crippen LogP contribution in [0, 0.1) is 0 Å². The third-order valence-corrected chi connectivity index (χ3v) is 2.81. The number of ether oxygens (including phenoxy) is 1. The lowest BCUT2D eigenvalue weighted by Gasteiger charge is -2.02. The van der Waals surface area contributed by atoms with Crippen LogP contribution in [0.3, 0.4) is 0 Å². The van der Waals surface area contributed by atoms with Crippen LogP contribution in [0.1, 0.15) is 21.7 Å². The Balaban J connectivity index is 1.74. The summed E-state index contributed by atoms with van der Waals surface area (Å²) in [6.45, 7) is 1.46. The summed E-state index contributed by atoms with van der Waals surface area (Å²) in [6, 6.07) is 12.0. The van der Waals surface area contributed by atoms with Crippen LogP contribution < -0.4 is 5.32 Å². The summed E-state index contributed by atoms with van der Waals surface area (Å²) < 4.78 is 9.89. The van der Waals surface area contributed by atoms with Gasteiger partial charge in [0.15, 0.2) is 0 Å². The molecule has 4 heteroatoms. The van der Waals surface area contributed by atoms with E-state index in [1.54, 1.807) is 6.07 Å². The second-order valence-corrected chi connectivity index (χ2v) is 4.21. The van der Waals surface area contributed by atoms with Crippen LogP contribution in [0.2, 0.25) is 0 Å². The third-order valence-electron chi connectivity index (χ3n) is 2.81. The molecule has 1 aromatic heterocycles. The van der Waals surface area contributed by atoms with Crippen LogP contribution >= 0.6 is 0 Å². The molecule has 19 heavy (non-hydrogen) atoms. The lowest BCUT2D eigenvalue weighted by Crippen LogP contribution is -2.16. The van der Waals surface area contributed by atoms with Crippen LogP contribution in [0.4, 0.5) is 0 Å². The van der Waals surface area contributed by atoms with Crippen molar-refractivity contribution in [1.29, 1.82) is 0 Å². The topological polar surface area (TPSA) is 51.5 Å². The number of carbonyl (C=O) groups is 1. The number of rotatable bonds is 6. The highest BCUT2D eigenvalue weighted by atomic mass is 16.5. The lowest BCUT2D eigenvalue weighted by molar-refractivity contribution is 0.0600. The average Bonchev–Trinajstić information content (AvgIpc) is 2.93. The number of hydrogen-bond donors (Lipinski definition) is 1. The van der Waals surface area contributed by atoms with Crippen LogP contribution in [0.15, 0.2) is 47.1 Å². The Bertz CT molecular complexity index is 519. The second kappa shape index (κ2) is 6.75. The smallest absolute Gasteiger partial charge is 0.341 e. The first-order valence-corrected chi connectivity index (χ1v) is 6.20. The molecule has 4 nitrogen and oxygen atoms in total. The second-order valence-electron chi connectivity index (χ2n) is 4.21.